The van der Waals surface area contributed by atoms with Gasteiger partial charge >= 0.3 is 0 Å². The van der Waals surface area contributed by atoms with E-state index in [2.05, 4.69) is 5.32 Å². The first-order valence-corrected chi connectivity index (χ1v) is 8.71. The maximum Gasteiger partial charge on any atom is 0.236 e. The van der Waals surface area contributed by atoms with Crippen LogP contribution in [0.1, 0.15) is 5.56 Å². The first-order valence-electron chi connectivity index (χ1n) is 6.82. The number of hydrogen-bond acceptors (Lipinski definition) is 5. The van der Waals surface area contributed by atoms with E-state index in [-0.39, 0.29) is 12.5 Å². The van der Waals surface area contributed by atoms with E-state index in [0.717, 1.165) is 5.56 Å². The van der Waals surface area contributed by atoms with Crippen molar-refractivity contribution in [1.82, 2.24) is 10.2 Å². The summed E-state index contributed by atoms with van der Waals surface area (Å²) in [6.45, 7) is 3.28. The normalized spacial score (nSPS) is 16.0. The summed E-state index contributed by atoms with van der Waals surface area (Å²) in [7, 11) is -3.16. The molecule has 1 aliphatic rings. The topological polar surface area (TPSA) is 75.7 Å². The molecule has 1 saturated heterocycles. The van der Waals surface area contributed by atoms with Crippen LogP contribution in [0.2, 0.25) is 0 Å². The summed E-state index contributed by atoms with van der Waals surface area (Å²) in [4.78, 5) is 14.0. The molecule has 0 aromatic heterocycles. The number of amides is 1. The third-order valence-electron chi connectivity index (χ3n) is 3.32. The van der Waals surface area contributed by atoms with Crippen LogP contribution in [0.25, 0.3) is 0 Å². The minimum atomic E-state index is -3.16. The minimum Gasteiger partial charge on any atom is -0.378 e. The Labute approximate surface area is 125 Å². The molecule has 0 radical (unpaired) electrons. The zero-order chi connectivity index (χ0) is 15.3. The van der Waals surface area contributed by atoms with Gasteiger partial charge < -0.3 is 15.0 Å². The van der Waals surface area contributed by atoms with Crippen LogP contribution in [-0.4, -0.2) is 58.3 Å². The fraction of sp³-hybridized carbons (Fsp3) is 0.500. The van der Waals surface area contributed by atoms with Crippen molar-refractivity contribution >= 4 is 15.7 Å². The molecule has 0 atom stereocenters. The molecule has 21 heavy (non-hydrogen) atoms. The predicted octanol–water partition coefficient (Wildman–Crippen LogP) is 0.0385. The summed E-state index contributed by atoms with van der Waals surface area (Å²) in [5.41, 5.74) is 0.942. The van der Waals surface area contributed by atoms with Crippen molar-refractivity contribution in [2.45, 2.75) is 11.4 Å². The van der Waals surface area contributed by atoms with Gasteiger partial charge in [0.05, 0.1) is 24.7 Å². The number of carbonyl (C=O) groups is 1. The molecular formula is C14H20N2O4S. The number of nitrogens with one attached hydrogen (secondary N) is 1. The summed E-state index contributed by atoms with van der Waals surface area (Å²) in [5.74, 6) is 0.0612. The van der Waals surface area contributed by atoms with Gasteiger partial charge in [-0.3, -0.25) is 4.79 Å². The van der Waals surface area contributed by atoms with Crippen molar-refractivity contribution in [3.63, 3.8) is 0 Å². The minimum absolute atomic E-state index is 0.0612. The highest BCUT2D eigenvalue weighted by Crippen LogP contribution is 2.10. The molecule has 1 aromatic carbocycles. The summed E-state index contributed by atoms with van der Waals surface area (Å²) >= 11 is 0. The highest BCUT2D eigenvalue weighted by atomic mass is 32.2. The van der Waals surface area contributed by atoms with Gasteiger partial charge in [-0.05, 0) is 17.7 Å². The molecule has 0 saturated carbocycles. The number of carbonyl (C=O) groups excluding carboxylic acids is 1. The summed E-state index contributed by atoms with van der Waals surface area (Å²) in [6, 6.07) is 6.66. The standard InChI is InChI=1S/C14H20N2O4S/c1-21(18,19)13-4-2-12(3-5-13)10-15-11-14(17)16-6-8-20-9-7-16/h2-5,15H,6-11H2,1H3. The smallest absolute Gasteiger partial charge is 0.236 e. The number of ether oxygens (including phenoxy) is 1. The van der Waals surface area contributed by atoms with Crippen LogP contribution in [-0.2, 0) is 25.9 Å². The number of nitrogens with zero attached hydrogens (tertiary/aromatic N) is 1. The van der Waals surface area contributed by atoms with Crippen molar-refractivity contribution in [3.8, 4) is 0 Å². The Bertz CT molecular complexity index is 577. The molecule has 0 unspecified atom stereocenters. The molecule has 1 N–H and O–H groups in total. The van der Waals surface area contributed by atoms with Crippen LogP contribution in [0.3, 0.4) is 0 Å². The molecule has 0 spiro atoms. The van der Waals surface area contributed by atoms with Gasteiger partial charge in [0.25, 0.3) is 0 Å². The summed E-state index contributed by atoms with van der Waals surface area (Å²) in [6.07, 6.45) is 1.18. The zero-order valence-electron chi connectivity index (χ0n) is 12.0. The van der Waals surface area contributed by atoms with Crippen molar-refractivity contribution in [3.05, 3.63) is 29.8 Å². The molecule has 7 heteroatoms. The average Bonchev–Trinajstić information content (AvgIpc) is 2.47. The third kappa shape index (κ3) is 4.80. The molecule has 1 amide bonds. The van der Waals surface area contributed by atoms with Gasteiger partial charge in [0.2, 0.25) is 5.91 Å². The lowest BCUT2D eigenvalue weighted by atomic mass is 10.2. The van der Waals surface area contributed by atoms with Crippen LogP contribution in [0.4, 0.5) is 0 Å². The zero-order valence-corrected chi connectivity index (χ0v) is 12.9. The molecule has 1 aromatic rings. The summed E-state index contributed by atoms with van der Waals surface area (Å²) in [5, 5.41) is 3.08. The number of sulfone groups is 1. The summed E-state index contributed by atoms with van der Waals surface area (Å²) < 4.78 is 27.9. The maximum absolute atomic E-state index is 11.9. The van der Waals surface area contributed by atoms with E-state index in [4.69, 9.17) is 4.74 Å². The second kappa shape index (κ2) is 7.02. The molecule has 1 heterocycles. The highest BCUT2D eigenvalue weighted by Gasteiger charge is 2.15. The fourth-order valence-electron chi connectivity index (χ4n) is 2.09. The number of benzene rings is 1. The quantitative estimate of drug-likeness (QED) is 0.831. The van der Waals surface area contributed by atoms with E-state index in [1.54, 1.807) is 29.2 Å². The van der Waals surface area contributed by atoms with Gasteiger partial charge in [-0.15, -0.1) is 0 Å². The Morgan fingerprint density at radius 2 is 1.86 bits per heavy atom. The van der Waals surface area contributed by atoms with Crippen molar-refractivity contribution in [1.29, 1.82) is 0 Å². The number of rotatable bonds is 5. The first kappa shape index (κ1) is 15.9. The van der Waals surface area contributed by atoms with E-state index in [1.165, 1.54) is 6.26 Å². The molecule has 2 rings (SSSR count). The van der Waals surface area contributed by atoms with Gasteiger partial charge in [0.1, 0.15) is 0 Å². The first-order chi connectivity index (χ1) is 9.97. The van der Waals surface area contributed by atoms with E-state index < -0.39 is 9.84 Å². The van der Waals surface area contributed by atoms with E-state index in [0.29, 0.717) is 37.7 Å². The van der Waals surface area contributed by atoms with Crippen LogP contribution >= 0.6 is 0 Å². The van der Waals surface area contributed by atoms with Crippen molar-refractivity contribution in [2.24, 2.45) is 0 Å². The molecule has 6 nitrogen and oxygen atoms in total. The molecule has 1 aliphatic heterocycles. The van der Waals surface area contributed by atoms with Crippen LogP contribution in [0.15, 0.2) is 29.2 Å². The Morgan fingerprint density at radius 1 is 1.24 bits per heavy atom. The Balaban J connectivity index is 1.79. The third-order valence-corrected chi connectivity index (χ3v) is 4.45. The fourth-order valence-corrected chi connectivity index (χ4v) is 2.72. The van der Waals surface area contributed by atoms with Gasteiger partial charge in [-0.2, -0.15) is 0 Å². The lowest BCUT2D eigenvalue weighted by Gasteiger charge is -2.26. The van der Waals surface area contributed by atoms with Crippen LogP contribution in [0, 0.1) is 0 Å². The molecule has 0 bridgehead atoms. The van der Waals surface area contributed by atoms with Crippen molar-refractivity contribution < 1.29 is 17.9 Å². The van der Waals surface area contributed by atoms with Gasteiger partial charge in [0, 0.05) is 25.9 Å². The van der Waals surface area contributed by atoms with E-state index in [1.807, 2.05) is 0 Å². The van der Waals surface area contributed by atoms with Gasteiger partial charge in [0.15, 0.2) is 9.84 Å². The van der Waals surface area contributed by atoms with Crippen LogP contribution in [0.5, 0.6) is 0 Å². The second-order valence-corrected chi connectivity index (χ2v) is 7.03. The van der Waals surface area contributed by atoms with Crippen molar-refractivity contribution in [2.75, 3.05) is 39.1 Å². The Morgan fingerprint density at radius 3 is 2.43 bits per heavy atom. The van der Waals surface area contributed by atoms with Gasteiger partial charge in [-0.25, -0.2) is 8.42 Å². The largest absolute Gasteiger partial charge is 0.378 e. The molecule has 116 valence electrons. The van der Waals surface area contributed by atoms with E-state index in [9.17, 15) is 13.2 Å². The Hall–Kier alpha value is -1.44. The van der Waals surface area contributed by atoms with Crippen LogP contribution < -0.4 is 5.32 Å². The molecule has 0 aliphatic carbocycles. The molecular weight excluding hydrogens is 292 g/mol. The lowest BCUT2D eigenvalue weighted by Crippen LogP contribution is -2.44. The second-order valence-electron chi connectivity index (χ2n) is 5.01. The van der Waals surface area contributed by atoms with E-state index >= 15 is 0 Å². The lowest BCUT2D eigenvalue weighted by molar-refractivity contribution is -0.134. The Kier molecular flexibility index (Phi) is 5.33. The average molecular weight is 312 g/mol. The number of hydrogen-bond donors (Lipinski definition) is 1. The maximum atomic E-state index is 11.9. The molecule has 1 fully saturated rings. The number of morpholine rings is 1. The monoisotopic (exact) mass is 312 g/mol. The predicted molar refractivity (Wildman–Crippen MR) is 78.7 cm³/mol. The highest BCUT2D eigenvalue weighted by molar-refractivity contribution is 7.90. The van der Waals surface area contributed by atoms with Gasteiger partial charge in [-0.1, -0.05) is 12.1 Å². The SMILES string of the molecule is CS(=O)(=O)c1ccc(CNCC(=O)N2CCOCC2)cc1.